The third kappa shape index (κ3) is 3.47. The summed E-state index contributed by atoms with van der Waals surface area (Å²) in [7, 11) is 0. The van der Waals surface area contributed by atoms with Gasteiger partial charge in [-0.2, -0.15) is 0 Å². The Bertz CT molecular complexity index is 689. The summed E-state index contributed by atoms with van der Waals surface area (Å²) in [6, 6.07) is 5.68. The van der Waals surface area contributed by atoms with Crippen molar-refractivity contribution in [3.8, 4) is 0 Å². The number of fused-ring (bicyclic) bond motifs is 1. The molecule has 2 amide bonds. The smallest absolute Gasteiger partial charge is 0.253 e. The number of H-pyrrole nitrogens is 1. The van der Waals surface area contributed by atoms with Gasteiger partial charge in [0.15, 0.2) is 0 Å². The van der Waals surface area contributed by atoms with Crippen LogP contribution in [0.4, 0.5) is 0 Å². The fourth-order valence-corrected chi connectivity index (χ4v) is 2.41. The monoisotopic (exact) mass is 301 g/mol. The maximum absolute atomic E-state index is 12.3. The number of carbonyl (C=O) groups is 2. The summed E-state index contributed by atoms with van der Waals surface area (Å²) in [5.41, 5.74) is 3.69. The van der Waals surface area contributed by atoms with Gasteiger partial charge < -0.3 is 15.6 Å². The standard InChI is InChI=1S/C17H23N3O2/c1-4-9-18-15(21)8-10-19-17(22)14-7-5-6-13-11(2)12(3)20-16(13)14/h5-7,20H,4,8-10H2,1-3H3,(H,18,21)(H,19,22). The number of aromatic nitrogens is 1. The minimum absolute atomic E-state index is 0.0353. The molecule has 118 valence electrons. The van der Waals surface area contributed by atoms with Crippen molar-refractivity contribution in [3.63, 3.8) is 0 Å². The molecule has 2 aromatic rings. The van der Waals surface area contributed by atoms with E-state index in [1.165, 1.54) is 0 Å². The van der Waals surface area contributed by atoms with Gasteiger partial charge in [0.2, 0.25) is 5.91 Å². The quantitative estimate of drug-likeness (QED) is 0.766. The number of hydrogen-bond donors (Lipinski definition) is 3. The lowest BCUT2D eigenvalue weighted by Crippen LogP contribution is -2.31. The molecule has 0 saturated heterocycles. The van der Waals surface area contributed by atoms with Gasteiger partial charge >= 0.3 is 0 Å². The average molecular weight is 301 g/mol. The number of rotatable bonds is 6. The zero-order valence-corrected chi connectivity index (χ0v) is 13.4. The minimum atomic E-state index is -0.157. The molecule has 3 N–H and O–H groups in total. The fraction of sp³-hybridized carbons (Fsp3) is 0.412. The lowest BCUT2D eigenvalue weighted by atomic mass is 10.1. The summed E-state index contributed by atoms with van der Waals surface area (Å²) in [5, 5.41) is 6.66. The zero-order valence-electron chi connectivity index (χ0n) is 13.4. The van der Waals surface area contributed by atoms with E-state index < -0.39 is 0 Å². The maximum Gasteiger partial charge on any atom is 0.253 e. The molecule has 2 rings (SSSR count). The van der Waals surface area contributed by atoms with E-state index in [4.69, 9.17) is 0 Å². The van der Waals surface area contributed by atoms with E-state index in [2.05, 4.69) is 15.6 Å². The second-order valence-corrected chi connectivity index (χ2v) is 5.46. The van der Waals surface area contributed by atoms with Gasteiger partial charge in [-0.15, -0.1) is 0 Å². The van der Waals surface area contributed by atoms with Crippen LogP contribution in [-0.2, 0) is 4.79 Å². The summed E-state index contributed by atoms with van der Waals surface area (Å²) >= 11 is 0. The Morgan fingerprint density at radius 3 is 2.64 bits per heavy atom. The first kappa shape index (κ1) is 16.1. The summed E-state index contributed by atoms with van der Waals surface area (Å²) in [5.74, 6) is -0.193. The minimum Gasteiger partial charge on any atom is -0.358 e. The number of hydrogen-bond acceptors (Lipinski definition) is 2. The molecule has 0 aliphatic rings. The molecule has 22 heavy (non-hydrogen) atoms. The molecule has 0 radical (unpaired) electrons. The van der Waals surface area contributed by atoms with Gasteiger partial charge in [-0.05, 0) is 31.9 Å². The predicted octanol–water partition coefficient (Wildman–Crippen LogP) is 2.43. The molecule has 0 spiro atoms. The largest absolute Gasteiger partial charge is 0.358 e. The van der Waals surface area contributed by atoms with Crippen molar-refractivity contribution in [2.24, 2.45) is 0 Å². The number of benzene rings is 1. The highest BCUT2D eigenvalue weighted by Crippen LogP contribution is 2.24. The first-order chi connectivity index (χ1) is 10.5. The molecule has 0 saturated carbocycles. The van der Waals surface area contributed by atoms with Crippen molar-refractivity contribution < 1.29 is 9.59 Å². The van der Waals surface area contributed by atoms with Crippen molar-refractivity contribution in [2.75, 3.05) is 13.1 Å². The van der Waals surface area contributed by atoms with Crippen molar-refractivity contribution >= 4 is 22.7 Å². The number of aromatic amines is 1. The van der Waals surface area contributed by atoms with E-state index in [1.54, 1.807) is 6.07 Å². The number of carbonyl (C=O) groups excluding carboxylic acids is 2. The van der Waals surface area contributed by atoms with Gasteiger partial charge in [0.25, 0.3) is 5.91 Å². The lowest BCUT2D eigenvalue weighted by Gasteiger charge is -2.07. The summed E-state index contributed by atoms with van der Waals surface area (Å²) in [4.78, 5) is 27.1. The molecule has 0 unspecified atom stereocenters. The Morgan fingerprint density at radius 2 is 1.91 bits per heavy atom. The Balaban J connectivity index is 2.01. The number of para-hydroxylation sites is 1. The van der Waals surface area contributed by atoms with Crippen LogP contribution in [0, 0.1) is 13.8 Å². The van der Waals surface area contributed by atoms with Crippen LogP contribution in [0.15, 0.2) is 18.2 Å². The van der Waals surface area contributed by atoms with E-state index in [9.17, 15) is 9.59 Å². The van der Waals surface area contributed by atoms with Crippen molar-refractivity contribution in [2.45, 2.75) is 33.6 Å². The average Bonchev–Trinajstić information content (AvgIpc) is 2.80. The molecule has 1 heterocycles. The first-order valence-corrected chi connectivity index (χ1v) is 7.67. The van der Waals surface area contributed by atoms with E-state index in [-0.39, 0.29) is 11.8 Å². The highest BCUT2D eigenvalue weighted by molar-refractivity contribution is 6.06. The highest BCUT2D eigenvalue weighted by atomic mass is 16.2. The van der Waals surface area contributed by atoms with E-state index >= 15 is 0 Å². The molecule has 5 heteroatoms. The van der Waals surface area contributed by atoms with Crippen LogP contribution >= 0.6 is 0 Å². The van der Waals surface area contributed by atoms with Crippen LogP contribution in [0.25, 0.3) is 10.9 Å². The van der Waals surface area contributed by atoms with Crippen LogP contribution in [0.5, 0.6) is 0 Å². The Kier molecular flexibility index (Phi) is 5.20. The molecule has 1 aromatic heterocycles. The molecule has 0 aliphatic carbocycles. The Morgan fingerprint density at radius 1 is 1.14 bits per heavy atom. The molecule has 0 fully saturated rings. The molecule has 5 nitrogen and oxygen atoms in total. The molecule has 1 aromatic carbocycles. The topological polar surface area (TPSA) is 74.0 Å². The van der Waals surface area contributed by atoms with Crippen LogP contribution in [0.3, 0.4) is 0 Å². The SMILES string of the molecule is CCCNC(=O)CCNC(=O)c1cccc2c(C)c(C)[nH]c12. The van der Waals surface area contributed by atoms with Gasteiger partial charge in [-0.1, -0.05) is 19.1 Å². The van der Waals surface area contributed by atoms with Crippen LogP contribution in [-0.4, -0.2) is 29.9 Å². The number of amides is 2. The summed E-state index contributed by atoms with van der Waals surface area (Å²) < 4.78 is 0. The number of nitrogens with one attached hydrogen (secondary N) is 3. The maximum atomic E-state index is 12.3. The van der Waals surface area contributed by atoms with E-state index in [0.29, 0.717) is 25.1 Å². The summed E-state index contributed by atoms with van der Waals surface area (Å²) in [6.07, 6.45) is 1.20. The predicted molar refractivity (Wildman–Crippen MR) is 88.0 cm³/mol. The van der Waals surface area contributed by atoms with Crippen molar-refractivity contribution in [1.82, 2.24) is 15.6 Å². The van der Waals surface area contributed by atoms with Gasteiger partial charge in [0.1, 0.15) is 0 Å². The van der Waals surface area contributed by atoms with E-state index in [1.807, 2.05) is 32.9 Å². The zero-order chi connectivity index (χ0) is 16.1. The fourth-order valence-electron chi connectivity index (χ4n) is 2.41. The molecular formula is C17H23N3O2. The Hall–Kier alpha value is -2.30. The van der Waals surface area contributed by atoms with Crippen molar-refractivity contribution in [1.29, 1.82) is 0 Å². The Labute approximate surface area is 130 Å². The second kappa shape index (κ2) is 7.11. The van der Waals surface area contributed by atoms with Crippen LogP contribution in [0.1, 0.15) is 41.4 Å². The van der Waals surface area contributed by atoms with Crippen molar-refractivity contribution in [3.05, 3.63) is 35.0 Å². The van der Waals surface area contributed by atoms with Crippen LogP contribution in [0.2, 0.25) is 0 Å². The third-order valence-electron chi connectivity index (χ3n) is 3.80. The van der Waals surface area contributed by atoms with Gasteiger partial charge in [-0.3, -0.25) is 9.59 Å². The highest BCUT2D eigenvalue weighted by Gasteiger charge is 2.13. The lowest BCUT2D eigenvalue weighted by molar-refractivity contribution is -0.120. The van der Waals surface area contributed by atoms with Crippen LogP contribution < -0.4 is 10.6 Å². The van der Waals surface area contributed by atoms with Gasteiger partial charge in [0, 0.05) is 30.6 Å². The molecular weight excluding hydrogens is 278 g/mol. The summed E-state index contributed by atoms with van der Waals surface area (Å²) in [6.45, 7) is 7.04. The second-order valence-electron chi connectivity index (χ2n) is 5.46. The van der Waals surface area contributed by atoms with Gasteiger partial charge in [-0.25, -0.2) is 0 Å². The van der Waals surface area contributed by atoms with Gasteiger partial charge in [0.05, 0.1) is 11.1 Å². The molecule has 0 atom stereocenters. The molecule has 0 aliphatic heterocycles. The van der Waals surface area contributed by atoms with E-state index in [0.717, 1.165) is 28.6 Å². The normalized spacial score (nSPS) is 10.7. The number of aryl methyl sites for hydroxylation is 2. The molecule has 0 bridgehead atoms. The first-order valence-electron chi connectivity index (χ1n) is 7.67. The third-order valence-corrected chi connectivity index (χ3v) is 3.80.